The fourth-order valence-electron chi connectivity index (χ4n) is 3.22. The van der Waals surface area contributed by atoms with Crippen LogP contribution < -0.4 is 14.5 Å². The summed E-state index contributed by atoms with van der Waals surface area (Å²) in [5, 5.41) is 8.27. The summed E-state index contributed by atoms with van der Waals surface area (Å²) >= 11 is 2.91. The van der Waals surface area contributed by atoms with Crippen molar-refractivity contribution in [1.29, 1.82) is 0 Å². The molecule has 0 atom stereocenters. The van der Waals surface area contributed by atoms with E-state index in [0.29, 0.717) is 22.2 Å². The van der Waals surface area contributed by atoms with E-state index in [2.05, 4.69) is 10.1 Å². The number of rotatable bonds is 7. The van der Waals surface area contributed by atoms with Crippen LogP contribution in [0.25, 0.3) is 10.2 Å². The van der Waals surface area contributed by atoms with Crippen molar-refractivity contribution < 1.29 is 14.3 Å². The average Bonchev–Trinajstić information content (AvgIpc) is 3.54. The van der Waals surface area contributed by atoms with Gasteiger partial charge in [0.25, 0.3) is 5.91 Å². The zero-order valence-corrected chi connectivity index (χ0v) is 19.8. The molecule has 0 aliphatic heterocycles. The number of thiazole rings is 1. The number of fused-ring (bicyclic) bond motifs is 1. The quantitative estimate of drug-likeness (QED) is 0.187. The van der Waals surface area contributed by atoms with Gasteiger partial charge >= 0.3 is 0 Å². The standard InChI is InChI=1S/C26H19N3O3S2/c1-31-20-12-13-23-24(16-20)34-26(28-23)29(27-17-22-11-6-14-33-22)25(30)18-7-5-10-21(15-18)32-19-8-3-2-4-9-19/h2-17H,1H3/b27-17+. The minimum Gasteiger partial charge on any atom is -0.497 e. The number of hydrogen-bond acceptors (Lipinski definition) is 7. The predicted molar refractivity (Wildman–Crippen MR) is 138 cm³/mol. The van der Waals surface area contributed by atoms with E-state index >= 15 is 0 Å². The summed E-state index contributed by atoms with van der Waals surface area (Å²) in [6.07, 6.45) is 1.67. The minimum absolute atomic E-state index is 0.308. The van der Waals surface area contributed by atoms with Crippen LogP contribution in [0.2, 0.25) is 0 Å². The third-order valence-electron chi connectivity index (χ3n) is 4.86. The molecule has 168 valence electrons. The van der Waals surface area contributed by atoms with Crippen molar-refractivity contribution >= 4 is 50.1 Å². The van der Waals surface area contributed by atoms with Gasteiger partial charge in [-0.2, -0.15) is 10.1 Å². The number of benzene rings is 3. The number of hydrazone groups is 1. The molecule has 6 nitrogen and oxygen atoms in total. The molecule has 2 heterocycles. The molecule has 0 N–H and O–H groups in total. The Morgan fingerprint density at radius 1 is 0.941 bits per heavy atom. The molecule has 0 bridgehead atoms. The Labute approximate surface area is 204 Å². The van der Waals surface area contributed by atoms with Crippen LogP contribution in [0.15, 0.2) is 95.4 Å². The summed E-state index contributed by atoms with van der Waals surface area (Å²) in [5.74, 6) is 1.68. The Kier molecular flexibility index (Phi) is 6.33. The molecule has 0 aliphatic rings. The molecule has 3 aromatic carbocycles. The maximum absolute atomic E-state index is 13.6. The Hall–Kier alpha value is -4.01. The van der Waals surface area contributed by atoms with Crippen LogP contribution >= 0.6 is 22.7 Å². The first-order valence-electron chi connectivity index (χ1n) is 10.4. The van der Waals surface area contributed by atoms with Crippen molar-refractivity contribution in [2.24, 2.45) is 5.10 Å². The third-order valence-corrected chi connectivity index (χ3v) is 6.66. The van der Waals surface area contributed by atoms with E-state index in [0.717, 1.165) is 20.8 Å². The third kappa shape index (κ3) is 4.83. The van der Waals surface area contributed by atoms with Crippen LogP contribution in [0.3, 0.4) is 0 Å². The van der Waals surface area contributed by atoms with E-state index < -0.39 is 0 Å². The molecule has 0 saturated heterocycles. The van der Waals surface area contributed by atoms with E-state index in [-0.39, 0.29) is 5.91 Å². The van der Waals surface area contributed by atoms with Crippen molar-refractivity contribution in [2.75, 3.05) is 12.1 Å². The largest absolute Gasteiger partial charge is 0.497 e. The minimum atomic E-state index is -0.308. The monoisotopic (exact) mass is 485 g/mol. The topological polar surface area (TPSA) is 64.0 Å². The van der Waals surface area contributed by atoms with Gasteiger partial charge in [-0.3, -0.25) is 4.79 Å². The molecular weight excluding hydrogens is 466 g/mol. The fraction of sp³-hybridized carbons (Fsp3) is 0.0385. The van der Waals surface area contributed by atoms with Gasteiger partial charge in [-0.15, -0.1) is 11.3 Å². The van der Waals surface area contributed by atoms with E-state index in [1.807, 2.05) is 72.1 Å². The number of thiophene rings is 1. The van der Waals surface area contributed by atoms with E-state index in [4.69, 9.17) is 9.47 Å². The second-order valence-electron chi connectivity index (χ2n) is 7.15. The van der Waals surface area contributed by atoms with Crippen molar-refractivity contribution in [3.05, 3.63) is 101 Å². The van der Waals surface area contributed by atoms with Crippen LogP contribution in [0, 0.1) is 0 Å². The Balaban J connectivity index is 1.50. The summed E-state index contributed by atoms with van der Waals surface area (Å²) in [4.78, 5) is 19.2. The zero-order valence-electron chi connectivity index (χ0n) is 18.1. The van der Waals surface area contributed by atoms with Gasteiger partial charge in [0.1, 0.15) is 17.2 Å². The lowest BCUT2D eigenvalue weighted by Crippen LogP contribution is -2.25. The molecule has 0 radical (unpaired) electrons. The van der Waals surface area contributed by atoms with Crippen molar-refractivity contribution in [1.82, 2.24) is 4.98 Å². The summed E-state index contributed by atoms with van der Waals surface area (Å²) in [5.41, 5.74) is 1.21. The van der Waals surface area contributed by atoms with Gasteiger partial charge in [0, 0.05) is 10.4 Å². The SMILES string of the molecule is COc1ccc2nc(N(/N=C/c3cccs3)C(=O)c3cccc(Oc4ccccc4)c3)sc2c1. The molecule has 0 saturated carbocycles. The lowest BCUT2D eigenvalue weighted by Gasteiger charge is -2.14. The molecule has 34 heavy (non-hydrogen) atoms. The second kappa shape index (κ2) is 9.86. The maximum Gasteiger partial charge on any atom is 0.280 e. The first kappa shape index (κ1) is 21.8. The second-order valence-corrected chi connectivity index (χ2v) is 9.14. The fourth-order valence-corrected chi connectivity index (χ4v) is 4.75. The molecule has 0 fully saturated rings. The number of amides is 1. The van der Waals surface area contributed by atoms with Gasteiger partial charge < -0.3 is 9.47 Å². The summed E-state index contributed by atoms with van der Waals surface area (Å²) in [7, 11) is 1.62. The average molecular weight is 486 g/mol. The van der Waals surface area contributed by atoms with Gasteiger partial charge in [0.2, 0.25) is 5.13 Å². The molecule has 0 spiro atoms. The van der Waals surface area contributed by atoms with Crippen LogP contribution in [0.4, 0.5) is 5.13 Å². The smallest absolute Gasteiger partial charge is 0.280 e. The molecule has 1 amide bonds. The lowest BCUT2D eigenvalue weighted by molar-refractivity contribution is 0.0987. The molecular formula is C26H19N3O3S2. The normalized spacial score (nSPS) is 11.1. The number of aromatic nitrogens is 1. The van der Waals surface area contributed by atoms with E-state index in [1.54, 1.807) is 42.9 Å². The Morgan fingerprint density at radius 3 is 2.59 bits per heavy atom. The summed E-state index contributed by atoms with van der Waals surface area (Å²) in [6.45, 7) is 0. The molecule has 2 aromatic heterocycles. The number of methoxy groups -OCH3 is 1. The number of anilines is 1. The molecule has 5 aromatic rings. The van der Waals surface area contributed by atoms with Crippen LogP contribution in [0.5, 0.6) is 17.2 Å². The Morgan fingerprint density at radius 2 is 1.79 bits per heavy atom. The lowest BCUT2D eigenvalue weighted by atomic mass is 10.2. The zero-order chi connectivity index (χ0) is 23.3. The number of hydrogen-bond donors (Lipinski definition) is 0. The highest BCUT2D eigenvalue weighted by Gasteiger charge is 2.22. The van der Waals surface area contributed by atoms with Crippen LogP contribution in [-0.2, 0) is 0 Å². The van der Waals surface area contributed by atoms with Gasteiger partial charge in [-0.25, -0.2) is 4.98 Å². The highest BCUT2D eigenvalue weighted by Crippen LogP contribution is 2.33. The van der Waals surface area contributed by atoms with Gasteiger partial charge in [0.15, 0.2) is 0 Å². The van der Waals surface area contributed by atoms with E-state index in [1.165, 1.54) is 16.3 Å². The van der Waals surface area contributed by atoms with Crippen molar-refractivity contribution in [3.8, 4) is 17.2 Å². The highest BCUT2D eigenvalue weighted by molar-refractivity contribution is 7.22. The summed E-state index contributed by atoms with van der Waals surface area (Å²) in [6, 6.07) is 26.0. The van der Waals surface area contributed by atoms with Crippen LogP contribution in [-0.4, -0.2) is 24.2 Å². The van der Waals surface area contributed by atoms with Gasteiger partial charge in [-0.1, -0.05) is 41.7 Å². The molecule has 0 unspecified atom stereocenters. The Bertz CT molecular complexity index is 1450. The first-order valence-corrected chi connectivity index (χ1v) is 12.1. The summed E-state index contributed by atoms with van der Waals surface area (Å²) < 4.78 is 12.1. The number of carbonyl (C=O) groups excluding carboxylic acids is 1. The van der Waals surface area contributed by atoms with Crippen molar-refractivity contribution in [2.45, 2.75) is 0 Å². The molecule has 0 aliphatic carbocycles. The predicted octanol–water partition coefficient (Wildman–Crippen LogP) is 6.84. The molecule has 5 rings (SSSR count). The number of nitrogens with zero attached hydrogens (tertiary/aromatic N) is 3. The van der Waals surface area contributed by atoms with Crippen molar-refractivity contribution in [3.63, 3.8) is 0 Å². The molecule has 8 heteroatoms. The first-order chi connectivity index (χ1) is 16.7. The van der Waals surface area contributed by atoms with E-state index in [9.17, 15) is 4.79 Å². The van der Waals surface area contributed by atoms with Gasteiger partial charge in [0.05, 0.1) is 23.5 Å². The highest BCUT2D eigenvalue weighted by atomic mass is 32.1. The maximum atomic E-state index is 13.6. The van der Waals surface area contributed by atoms with Crippen LogP contribution in [0.1, 0.15) is 15.2 Å². The number of carbonyl (C=O) groups is 1. The number of para-hydroxylation sites is 1. The van der Waals surface area contributed by atoms with Gasteiger partial charge in [-0.05, 0) is 60.0 Å². The number of ether oxygens (including phenoxy) is 2.